The molecule has 0 saturated carbocycles. The summed E-state index contributed by atoms with van der Waals surface area (Å²) in [6.45, 7) is 7.69. The largest absolute Gasteiger partial charge is 0.486 e. The van der Waals surface area contributed by atoms with Crippen LogP contribution in [0.15, 0.2) is 59.0 Å². The Labute approximate surface area is 192 Å². The maximum Gasteiger partial charge on any atom is 0.289 e. The number of amides is 1. The van der Waals surface area contributed by atoms with Crippen molar-refractivity contribution in [1.82, 2.24) is 9.80 Å². The van der Waals surface area contributed by atoms with Crippen molar-refractivity contribution in [1.29, 1.82) is 0 Å². The van der Waals surface area contributed by atoms with Crippen LogP contribution in [0.5, 0.6) is 5.75 Å². The highest BCUT2D eigenvalue weighted by Gasteiger charge is 2.24. The molecule has 0 radical (unpaired) electrons. The lowest BCUT2D eigenvalue weighted by Gasteiger charge is -2.34. The van der Waals surface area contributed by atoms with Gasteiger partial charge in [0.15, 0.2) is 5.76 Å². The summed E-state index contributed by atoms with van der Waals surface area (Å²) in [5, 5.41) is 10.9. The first-order valence-corrected chi connectivity index (χ1v) is 10.9. The van der Waals surface area contributed by atoms with E-state index in [4.69, 9.17) is 9.15 Å². The van der Waals surface area contributed by atoms with E-state index in [0.717, 1.165) is 19.6 Å². The number of furan rings is 1. The first-order chi connectivity index (χ1) is 15.9. The molecular weight excluding hydrogens is 422 g/mol. The standard InChI is InChI=1S/C25H27N3O5/c1-18-3-5-20(6-4-18)16-26-11-13-27(14-12-26)25(29)24-10-8-22(33-24)17-32-21-7-9-23(28(30)31)19(2)15-21/h3-10,15H,11-14,16-17H2,1-2H3. The molecule has 0 unspecified atom stereocenters. The van der Waals surface area contributed by atoms with Gasteiger partial charge in [-0.05, 0) is 43.7 Å². The Morgan fingerprint density at radius 3 is 2.42 bits per heavy atom. The molecule has 0 bridgehead atoms. The van der Waals surface area contributed by atoms with E-state index in [1.807, 2.05) is 4.90 Å². The molecule has 1 aliphatic rings. The number of hydrogen-bond donors (Lipinski definition) is 0. The van der Waals surface area contributed by atoms with Gasteiger partial charge in [0.25, 0.3) is 11.6 Å². The third-order valence-corrected chi connectivity index (χ3v) is 5.80. The number of piperazine rings is 1. The molecule has 0 spiro atoms. The van der Waals surface area contributed by atoms with Crippen molar-refractivity contribution < 1.29 is 18.9 Å². The van der Waals surface area contributed by atoms with E-state index in [9.17, 15) is 14.9 Å². The fraction of sp³-hybridized carbons (Fsp3) is 0.320. The van der Waals surface area contributed by atoms with E-state index in [1.165, 1.54) is 17.2 Å². The number of rotatable bonds is 7. The SMILES string of the molecule is Cc1ccc(CN2CCN(C(=O)c3ccc(COc4ccc([N+](=O)[O-])c(C)c4)o3)CC2)cc1. The Morgan fingerprint density at radius 1 is 1.03 bits per heavy atom. The molecule has 0 N–H and O–H groups in total. The maximum atomic E-state index is 12.8. The molecule has 8 nitrogen and oxygen atoms in total. The quantitative estimate of drug-likeness (QED) is 0.394. The number of carbonyl (C=O) groups excluding carboxylic acids is 1. The summed E-state index contributed by atoms with van der Waals surface area (Å²) >= 11 is 0. The first-order valence-electron chi connectivity index (χ1n) is 10.9. The molecule has 172 valence electrons. The Kier molecular flexibility index (Phi) is 6.74. The summed E-state index contributed by atoms with van der Waals surface area (Å²) in [6.07, 6.45) is 0. The lowest BCUT2D eigenvalue weighted by Crippen LogP contribution is -2.48. The fourth-order valence-electron chi connectivity index (χ4n) is 3.86. The van der Waals surface area contributed by atoms with E-state index in [0.29, 0.717) is 35.9 Å². The van der Waals surface area contributed by atoms with Gasteiger partial charge >= 0.3 is 0 Å². The molecular formula is C25H27N3O5. The van der Waals surface area contributed by atoms with Crippen molar-refractivity contribution in [2.75, 3.05) is 26.2 Å². The van der Waals surface area contributed by atoms with E-state index in [-0.39, 0.29) is 18.2 Å². The highest BCUT2D eigenvalue weighted by atomic mass is 16.6. The number of carbonyl (C=O) groups is 1. The van der Waals surface area contributed by atoms with Crippen molar-refractivity contribution in [2.45, 2.75) is 27.0 Å². The second-order valence-corrected chi connectivity index (χ2v) is 8.31. The lowest BCUT2D eigenvalue weighted by atomic mass is 10.1. The highest BCUT2D eigenvalue weighted by Crippen LogP contribution is 2.24. The Morgan fingerprint density at radius 2 is 1.76 bits per heavy atom. The number of nitro groups is 1. The Hall–Kier alpha value is -3.65. The van der Waals surface area contributed by atoms with Gasteiger partial charge in [-0.25, -0.2) is 0 Å². The zero-order chi connectivity index (χ0) is 23.4. The van der Waals surface area contributed by atoms with Crippen molar-refractivity contribution in [3.8, 4) is 5.75 Å². The van der Waals surface area contributed by atoms with E-state index in [2.05, 4.69) is 36.1 Å². The van der Waals surface area contributed by atoms with Gasteiger partial charge in [0, 0.05) is 44.4 Å². The summed E-state index contributed by atoms with van der Waals surface area (Å²) in [6, 6.07) is 16.5. The van der Waals surface area contributed by atoms with Crippen LogP contribution in [-0.2, 0) is 13.2 Å². The number of nitro benzene ring substituents is 1. The number of aryl methyl sites for hydroxylation is 2. The molecule has 1 aliphatic heterocycles. The van der Waals surface area contributed by atoms with Crippen LogP contribution < -0.4 is 4.74 Å². The molecule has 4 rings (SSSR count). The van der Waals surface area contributed by atoms with E-state index >= 15 is 0 Å². The Balaban J connectivity index is 1.28. The molecule has 8 heteroatoms. The zero-order valence-electron chi connectivity index (χ0n) is 18.8. The number of benzene rings is 2. The molecule has 1 saturated heterocycles. The topological polar surface area (TPSA) is 89.1 Å². The van der Waals surface area contributed by atoms with Crippen LogP contribution >= 0.6 is 0 Å². The second kappa shape index (κ2) is 9.87. The predicted molar refractivity (Wildman–Crippen MR) is 123 cm³/mol. The summed E-state index contributed by atoms with van der Waals surface area (Å²) in [7, 11) is 0. The van der Waals surface area contributed by atoms with E-state index < -0.39 is 4.92 Å². The summed E-state index contributed by atoms with van der Waals surface area (Å²) < 4.78 is 11.4. The van der Waals surface area contributed by atoms with Gasteiger partial charge in [0.1, 0.15) is 18.1 Å². The average molecular weight is 450 g/mol. The normalized spacial score (nSPS) is 14.3. The molecule has 33 heavy (non-hydrogen) atoms. The summed E-state index contributed by atoms with van der Waals surface area (Å²) in [5.41, 5.74) is 3.10. The third-order valence-electron chi connectivity index (χ3n) is 5.80. The highest BCUT2D eigenvalue weighted by molar-refractivity contribution is 5.91. The van der Waals surface area contributed by atoms with Crippen LogP contribution in [0.3, 0.4) is 0 Å². The minimum atomic E-state index is -0.425. The predicted octanol–water partition coefficient (Wildman–Crippen LogP) is 4.34. The molecule has 1 fully saturated rings. The number of nitrogens with zero attached hydrogens (tertiary/aromatic N) is 3. The van der Waals surface area contributed by atoms with Gasteiger partial charge in [-0.3, -0.25) is 19.8 Å². The van der Waals surface area contributed by atoms with Crippen LogP contribution in [0, 0.1) is 24.0 Å². The molecule has 1 amide bonds. The van der Waals surface area contributed by atoms with Gasteiger partial charge in [-0.2, -0.15) is 0 Å². The third kappa shape index (κ3) is 5.59. The van der Waals surface area contributed by atoms with Gasteiger partial charge in [0.2, 0.25) is 0 Å². The lowest BCUT2D eigenvalue weighted by molar-refractivity contribution is -0.385. The van der Waals surface area contributed by atoms with E-state index in [1.54, 1.807) is 31.2 Å². The van der Waals surface area contributed by atoms with Gasteiger partial charge in [0.05, 0.1) is 4.92 Å². The van der Waals surface area contributed by atoms with Crippen molar-refractivity contribution in [3.63, 3.8) is 0 Å². The summed E-state index contributed by atoms with van der Waals surface area (Å²) in [4.78, 5) is 27.5. The van der Waals surface area contributed by atoms with Gasteiger partial charge in [-0.15, -0.1) is 0 Å². The zero-order valence-corrected chi connectivity index (χ0v) is 18.8. The minimum Gasteiger partial charge on any atom is -0.486 e. The van der Waals surface area contributed by atoms with Crippen LogP contribution in [0.1, 0.15) is 33.0 Å². The molecule has 2 aromatic carbocycles. The van der Waals surface area contributed by atoms with Crippen LogP contribution in [0.25, 0.3) is 0 Å². The maximum absolute atomic E-state index is 12.8. The fourth-order valence-corrected chi connectivity index (χ4v) is 3.86. The molecule has 3 aromatic rings. The van der Waals surface area contributed by atoms with Crippen molar-refractivity contribution in [2.24, 2.45) is 0 Å². The monoisotopic (exact) mass is 449 g/mol. The molecule has 2 heterocycles. The van der Waals surface area contributed by atoms with Crippen LogP contribution in [-0.4, -0.2) is 46.8 Å². The summed E-state index contributed by atoms with van der Waals surface area (Å²) in [5.74, 6) is 1.20. The average Bonchev–Trinajstić information content (AvgIpc) is 3.28. The van der Waals surface area contributed by atoms with Crippen LogP contribution in [0.2, 0.25) is 0 Å². The Bertz CT molecular complexity index is 1130. The second-order valence-electron chi connectivity index (χ2n) is 8.31. The van der Waals surface area contributed by atoms with Gasteiger partial charge < -0.3 is 14.1 Å². The number of ether oxygens (including phenoxy) is 1. The van der Waals surface area contributed by atoms with Crippen molar-refractivity contribution in [3.05, 3.63) is 92.9 Å². The number of hydrogen-bond acceptors (Lipinski definition) is 6. The van der Waals surface area contributed by atoms with Crippen molar-refractivity contribution >= 4 is 11.6 Å². The minimum absolute atomic E-state index is 0.0483. The smallest absolute Gasteiger partial charge is 0.289 e. The first kappa shape index (κ1) is 22.5. The van der Waals surface area contributed by atoms with Gasteiger partial charge in [-0.1, -0.05) is 29.8 Å². The molecule has 0 atom stereocenters. The molecule has 0 aliphatic carbocycles. The molecule has 1 aromatic heterocycles. The van der Waals surface area contributed by atoms with Crippen LogP contribution in [0.4, 0.5) is 5.69 Å².